The van der Waals surface area contributed by atoms with Crippen LogP contribution in [0.5, 0.6) is 5.75 Å². The summed E-state index contributed by atoms with van der Waals surface area (Å²) in [6.07, 6.45) is 0. The van der Waals surface area contributed by atoms with E-state index in [2.05, 4.69) is 19.9 Å². The average Bonchev–Trinajstić information content (AvgIpc) is 2.07. The number of aryl methyl sites for hydroxylation is 2. The summed E-state index contributed by atoms with van der Waals surface area (Å²) in [6.45, 7) is 4.11. The Morgan fingerprint density at radius 1 is 1.14 bits per heavy atom. The summed E-state index contributed by atoms with van der Waals surface area (Å²) < 4.78 is 6.29. The molecule has 0 saturated carbocycles. The van der Waals surface area contributed by atoms with Gasteiger partial charge in [0.1, 0.15) is 0 Å². The van der Waals surface area contributed by atoms with Gasteiger partial charge in [0.15, 0.2) is 0 Å². The molecule has 0 N–H and O–H groups in total. The van der Waals surface area contributed by atoms with Gasteiger partial charge in [-0.15, -0.1) is 0 Å². The van der Waals surface area contributed by atoms with E-state index in [0.29, 0.717) is 0 Å². The first-order valence-corrected chi connectivity index (χ1v) is 13.6. The minimum absolute atomic E-state index is 0.821. The maximum absolute atomic E-state index is 6.24. The van der Waals surface area contributed by atoms with E-state index in [-0.39, 0.29) is 0 Å². The van der Waals surface area contributed by atoms with Crippen LogP contribution in [0.2, 0.25) is 4.97 Å². The molecular weight excluding hydrogens is 335 g/mol. The fourth-order valence-corrected chi connectivity index (χ4v) is 5.33. The SMILES string of the molecule is COc1cc(C)c(C)cc1[Te](C)(Cl)Cl. The molecule has 80 valence electrons. The van der Waals surface area contributed by atoms with Crippen molar-refractivity contribution in [2.24, 2.45) is 0 Å². The fourth-order valence-electron chi connectivity index (χ4n) is 1.20. The Hall–Kier alpha value is 0.390. The second-order valence-corrected chi connectivity index (χ2v) is 18.0. The van der Waals surface area contributed by atoms with E-state index in [1.165, 1.54) is 11.1 Å². The monoisotopic (exact) mass is 350 g/mol. The summed E-state index contributed by atoms with van der Waals surface area (Å²) in [7, 11) is 14.1. The van der Waals surface area contributed by atoms with Crippen molar-refractivity contribution in [3.63, 3.8) is 0 Å². The Morgan fingerprint density at radius 2 is 1.64 bits per heavy atom. The predicted molar refractivity (Wildman–Crippen MR) is 65.4 cm³/mol. The molecule has 1 nitrogen and oxygen atoms in total. The predicted octanol–water partition coefficient (Wildman–Crippen LogP) is 3.07. The molecule has 14 heavy (non-hydrogen) atoms. The molecule has 0 heterocycles. The first-order chi connectivity index (χ1) is 6.36. The number of halogens is 2. The van der Waals surface area contributed by atoms with Crippen LogP contribution in [0.1, 0.15) is 11.1 Å². The van der Waals surface area contributed by atoms with Gasteiger partial charge in [-0.3, -0.25) is 0 Å². The Labute approximate surface area is 96.6 Å². The average molecular weight is 349 g/mol. The van der Waals surface area contributed by atoms with Gasteiger partial charge in [-0.05, 0) is 0 Å². The topological polar surface area (TPSA) is 9.23 Å². The molecule has 0 unspecified atom stereocenters. The van der Waals surface area contributed by atoms with Gasteiger partial charge in [0.25, 0.3) is 0 Å². The second kappa shape index (κ2) is 4.49. The van der Waals surface area contributed by atoms with Crippen molar-refractivity contribution >= 4 is 37.5 Å². The van der Waals surface area contributed by atoms with Gasteiger partial charge in [0.2, 0.25) is 0 Å². The van der Waals surface area contributed by atoms with E-state index < -0.39 is 15.9 Å². The molecule has 1 aromatic rings. The number of rotatable bonds is 2. The standard InChI is InChI=1S/C10H14Cl2OTe/c1-7-5-9(13-3)10(6-8(7)2)14(4,11)12/h5-6H,1-4H3. The van der Waals surface area contributed by atoms with Crippen molar-refractivity contribution in [3.05, 3.63) is 23.3 Å². The van der Waals surface area contributed by atoms with Gasteiger partial charge in [-0.1, -0.05) is 0 Å². The van der Waals surface area contributed by atoms with Crippen molar-refractivity contribution in [1.82, 2.24) is 0 Å². The second-order valence-electron chi connectivity index (χ2n) is 3.31. The number of hydrogen-bond donors (Lipinski definition) is 0. The van der Waals surface area contributed by atoms with Crippen LogP contribution in [0.25, 0.3) is 0 Å². The molecule has 0 spiro atoms. The molecule has 0 amide bonds. The van der Waals surface area contributed by atoms with Crippen LogP contribution < -0.4 is 8.35 Å². The third-order valence-corrected chi connectivity index (χ3v) is 7.51. The third-order valence-electron chi connectivity index (χ3n) is 2.17. The first-order valence-electron chi connectivity index (χ1n) is 4.19. The van der Waals surface area contributed by atoms with Gasteiger partial charge in [-0.25, -0.2) is 0 Å². The molecule has 1 rings (SSSR count). The third kappa shape index (κ3) is 2.70. The van der Waals surface area contributed by atoms with Gasteiger partial charge >= 0.3 is 97.2 Å². The normalized spacial score (nSPS) is 12.7. The first kappa shape index (κ1) is 12.5. The molecule has 0 saturated heterocycles. The number of methoxy groups -OCH3 is 1. The molecule has 0 aliphatic carbocycles. The number of hydrogen-bond acceptors (Lipinski definition) is 1. The Balaban J connectivity index is 3.35. The van der Waals surface area contributed by atoms with Crippen LogP contribution in [0.3, 0.4) is 0 Å². The maximum atomic E-state index is 6.24. The summed E-state index contributed by atoms with van der Waals surface area (Å²) in [5.74, 6) is 0.821. The van der Waals surface area contributed by atoms with Crippen LogP contribution in [-0.4, -0.2) is 23.1 Å². The quantitative estimate of drug-likeness (QED) is 0.746. The number of ether oxygens (including phenoxy) is 1. The molecule has 0 aliphatic heterocycles. The zero-order chi connectivity index (χ0) is 10.9. The molecule has 0 bridgehead atoms. The summed E-state index contributed by atoms with van der Waals surface area (Å²) in [6, 6.07) is 4.05. The molecule has 4 heteroatoms. The van der Waals surface area contributed by atoms with Gasteiger partial charge in [0, 0.05) is 0 Å². The van der Waals surface area contributed by atoms with Crippen molar-refractivity contribution in [2.45, 2.75) is 18.8 Å². The molecule has 0 atom stereocenters. The molecule has 0 aromatic heterocycles. The minimum atomic E-state index is -2.86. The Bertz CT molecular complexity index is 345. The molecule has 1 aromatic carbocycles. The van der Waals surface area contributed by atoms with E-state index in [1.807, 2.05) is 11.0 Å². The van der Waals surface area contributed by atoms with Gasteiger partial charge < -0.3 is 0 Å². The summed E-state index contributed by atoms with van der Waals surface area (Å²) in [4.78, 5) is 1.93. The van der Waals surface area contributed by atoms with Gasteiger partial charge in [-0.2, -0.15) is 0 Å². The Kier molecular flexibility index (Phi) is 4.00. The van der Waals surface area contributed by atoms with E-state index in [4.69, 9.17) is 22.7 Å². The van der Waals surface area contributed by atoms with E-state index in [9.17, 15) is 0 Å². The molecule has 0 fully saturated rings. The zero-order valence-corrected chi connectivity index (χ0v) is 12.6. The van der Waals surface area contributed by atoms with Crippen molar-refractivity contribution < 1.29 is 4.74 Å². The van der Waals surface area contributed by atoms with Crippen LogP contribution >= 0.6 is 17.9 Å². The Morgan fingerprint density at radius 3 is 2.07 bits per heavy atom. The summed E-state index contributed by atoms with van der Waals surface area (Å²) >= 11 is -2.86. The van der Waals surface area contributed by atoms with Crippen LogP contribution in [0.15, 0.2) is 12.1 Å². The summed E-state index contributed by atoms with van der Waals surface area (Å²) in [5, 5.41) is 0. The molecule has 0 radical (unpaired) electrons. The van der Waals surface area contributed by atoms with Crippen LogP contribution in [-0.2, 0) is 0 Å². The van der Waals surface area contributed by atoms with Gasteiger partial charge in [0.05, 0.1) is 0 Å². The van der Waals surface area contributed by atoms with Crippen molar-refractivity contribution in [2.75, 3.05) is 7.11 Å². The zero-order valence-electron chi connectivity index (χ0n) is 8.73. The van der Waals surface area contributed by atoms with E-state index in [1.54, 1.807) is 7.11 Å². The van der Waals surface area contributed by atoms with Crippen LogP contribution in [0.4, 0.5) is 0 Å². The molecule has 0 aliphatic rings. The molecular formula is C10H14Cl2OTe. The van der Waals surface area contributed by atoms with E-state index in [0.717, 1.165) is 9.36 Å². The number of benzene rings is 1. The van der Waals surface area contributed by atoms with Crippen LogP contribution in [0, 0.1) is 13.8 Å². The summed E-state index contributed by atoms with van der Waals surface area (Å²) in [5.41, 5.74) is 2.41. The fraction of sp³-hybridized carbons (Fsp3) is 0.400. The van der Waals surface area contributed by atoms with E-state index >= 15 is 0 Å². The van der Waals surface area contributed by atoms with Crippen molar-refractivity contribution in [3.8, 4) is 5.75 Å². The van der Waals surface area contributed by atoms with Crippen molar-refractivity contribution in [1.29, 1.82) is 0 Å².